The van der Waals surface area contributed by atoms with E-state index in [4.69, 9.17) is 4.74 Å². The third-order valence-electron chi connectivity index (χ3n) is 5.12. The van der Waals surface area contributed by atoms with E-state index < -0.39 is 27.9 Å². The molecule has 3 rings (SSSR count). The summed E-state index contributed by atoms with van der Waals surface area (Å²) in [5.41, 5.74) is 1.57. The fourth-order valence-electron chi connectivity index (χ4n) is 3.38. The molecule has 10 nitrogen and oxygen atoms in total. The molecular formula is C26H26N2O8S. The Labute approximate surface area is 214 Å². The Bertz CT molecular complexity index is 1340. The van der Waals surface area contributed by atoms with E-state index in [2.05, 4.69) is 14.8 Å². The highest BCUT2D eigenvalue weighted by atomic mass is 32.2. The lowest BCUT2D eigenvalue weighted by Gasteiger charge is -2.22. The second-order valence-corrected chi connectivity index (χ2v) is 9.78. The van der Waals surface area contributed by atoms with Crippen LogP contribution in [-0.4, -0.2) is 53.3 Å². The molecule has 0 fully saturated rings. The predicted molar refractivity (Wildman–Crippen MR) is 137 cm³/mol. The molecule has 37 heavy (non-hydrogen) atoms. The molecule has 0 radical (unpaired) electrons. The van der Waals surface area contributed by atoms with Crippen molar-refractivity contribution in [3.05, 3.63) is 89.5 Å². The zero-order chi connectivity index (χ0) is 27.0. The molecule has 0 aliphatic rings. The van der Waals surface area contributed by atoms with Crippen LogP contribution in [0.25, 0.3) is 0 Å². The average molecular weight is 527 g/mol. The number of carbonyl (C=O) groups excluding carboxylic acids is 3. The van der Waals surface area contributed by atoms with E-state index in [1.807, 2.05) is 30.3 Å². The first kappa shape index (κ1) is 27.2. The van der Waals surface area contributed by atoms with Gasteiger partial charge in [0.2, 0.25) is 10.0 Å². The molecule has 0 aromatic heterocycles. The summed E-state index contributed by atoms with van der Waals surface area (Å²) in [6.45, 7) is -0.213. The van der Waals surface area contributed by atoms with Crippen molar-refractivity contribution in [3.63, 3.8) is 0 Å². The number of amides is 1. The quantitative estimate of drug-likeness (QED) is 0.399. The summed E-state index contributed by atoms with van der Waals surface area (Å²) in [5.74, 6) is -1.59. The molecule has 0 spiro atoms. The maximum absolute atomic E-state index is 12.4. The summed E-state index contributed by atoms with van der Waals surface area (Å²) in [6.07, 6.45) is 1.13. The van der Waals surface area contributed by atoms with Gasteiger partial charge in [-0.05, 0) is 48.0 Å². The van der Waals surface area contributed by atoms with E-state index in [1.165, 1.54) is 36.7 Å². The van der Waals surface area contributed by atoms with Crippen LogP contribution in [0.2, 0.25) is 0 Å². The minimum atomic E-state index is -3.55. The van der Waals surface area contributed by atoms with E-state index in [1.54, 1.807) is 24.3 Å². The fourth-order valence-corrected chi connectivity index (χ4v) is 4.26. The molecule has 1 N–H and O–H groups in total. The number of ether oxygens (including phenoxy) is 3. The first-order valence-electron chi connectivity index (χ1n) is 11.0. The van der Waals surface area contributed by atoms with Crippen LogP contribution in [0.4, 0.5) is 11.4 Å². The maximum atomic E-state index is 12.4. The monoisotopic (exact) mass is 526 g/mol. The first-order valence-corrected chi connectivity index (χ1v) is 12.8. The number of nitrogens with one attached hydrogen (secondary N) is 1. The van der Waals surface area contributed by atoms with Gasteiger partial charge in [-0.1, -0.05) is 30.3 Å². The lowest BCUT2D eigenvalue weighted by atomic mass is 10.1. The van der Waals surface area contributed by atoms with Crippen LogP contribution in [0.15, 0.2) is 72.8 Å². The molecule has 0 aliphatic carbocycles. The van der Waals surface area contributed by atoms with Gasteiger partial charge >= 0.3 is 11.9 Å². The predicted octanol–water partition coefficient (Wildman–Crippen LogP) is 3.24. The van der Waals surface area contributed by atoms with Crippen LogP contribution in [0.3, 0.4) is 0 Å². The summed E-state index contributed by atoms with van der Waals surface area (Å²) in [7, 11) is -1.16. The van der Waals surface area contributed by atoms with Crippen molar-refractivity contribution in [1.82, 2.24) is 0 Å². The molecule has 194 valence electrons. The number of carbonyl (C=O) groups is 3. The highest BCUT2D eigenvalue weighted by Gasteiger charge is 2.18. The van der Waals surface area contributed by atoms with Gasteiger partial charge in [0, 0.05) is 5.69 Å². The van der Waals surface area contributed by atoms with Crippen LogP contribution in [0.1, 0.15) is 26.3 Å². The summed E-state index contributed by atoms with van der Waals surface area (Å²) in [5, 5.41) is 2.56. The summed E-state index contributed by atoms with van der Waals surface area (Å²) < 4.78 is 40.9. The van der Waals surface area contributed by atoms with Gasteiger partial charge in [-0.25, -0.2) is 18.0 Å². The number of hydrogen-bond donors (Lipinski definition) is 1. The maximum Gasteiger partial charge on any atom is 0.337 e. The fraction of sp³-hybridized carbons (Fsp3) is 0.192. The minimum Gasteiger partial charge on any atom is -0.484 e. The van der Waals surface area contributed by atoms with Gasteiger partial charge in [-0.3, -0.25) is 9.10 Å². The molecule has 0 heterocycles. The number of rotatable bonds is 10. The minimum absolute atomic E-state index is 0.0585. The van der Waals surface area contributed by atoms with Crippen molar-refractivity contribution in [1.29, 1.82) is 0 Å². The van der Waals surface area contributed by atoms with Gasteiger partial charge in [0.05, 0.1) is 43.8 Å². The Balaban J connectivity index is 1.67. The first-order chi connectivity index (χ1) is 17.6. The average Bonchev–Trinajstić information content (AvgIpc) is 2.89. The number of esters is 2. The van der Waals surface area contributed by atoms with Crippen LogP contribution >= 0.6 is 0 Å². The van der Waals surface area contributed by atoms with Gasteiger partial charge < -0.3 is 19.5 Å². The van der Waals surface area contributed by atoms with Crippen LogP contribution in [-0.2, 0) is 30.8 Å². The zero-order valence-corrected chi connectivity index (χ0v) is 21.3. The van der Waals surface area contributed by atoms with Gasteiger partial charge in [-0.15, -0.1) is 0 Å². The summed E-state index contributed by atoms with van der Waals surface area (Å²) >= 11 is 0. The van der Waals surface area contributed by atoms with E-state index in [0.29, 0.717) is 11.4 Å². The number of benzene rings is 3. The molecule has 1 amide bonds. The smallest absolute Gasteiger partial charge is 0.337 e. The van der Waals surface area contributed by atoms with Crippen molar-refractivity contribution in [2.24, 2.45) is 0 Å². The standard InChI is InChI=1S/C26H26N2O8S/c1-34-25(30)19-13-20(26(31)35-2)15-21(14-19)27-24(29)17-36-23-11-9-22(10-12-23)28(37(3,32)33)16-18-7-5-4-6-8-18/h4-15H,16-17H2,1-3H3,(H,27,29). The van der Waals surface area contributed by atoms with Crippen molar-refractivity contribution in [2.45, 2.75) is 6.54 Å². The highest BCUT2D eigenvalue weighted by molar-refractivity contribution is 7.92. The summed E-state index contributed by atoms with van der Waals surface area (Å²) in [6, 6.07) is 19.5. The van der Waals surface area contributed by atoms with Crippen molar-refractivity contribution in [2.75, 3.05) is 36.7 Å². The number of anilines is 2. The Morgan fingerprint density at radius 1 is 0.838 bits per heavy atom. The van der Waals surface area contributed by atoms with Crippen LogP contribution in [0, 0.1) is 0 Å². The van der Waals surface area contributed by atoms with Crippen molar-refractivity contribution < 1.29 is 37.0 Å². The molecule has 0 aliphatic heterocycles. The Morgan fingerprint density at radius 2 is 1.41 bits per heavy atom. The second-order valence-electron chi connectivity index (χ2n) is 7.87. The van der Waals surface area contributed by atoms with E-state index in [-0.39, 0.29) is 30.0 Å². The van der Waals surface area contributed by atoms with E-state index in [9.17, 15) is 22.8 Å². The highest BCUT2D eigenvalue weighted by Crippen LogP contribution is 2.24. The van der Waals surface area contributed by atoms with Gasteiger partial charge in [-0.2, -0.15) is 0 Å². The molecule has 0 bridgehead atoms. The SMILES string of the molecule is COC(=O)c1cc(NC(=O)COc2ccc(N(Cc3ccccc3)S(C)(=O)=O)cc2)cc(C(=O)OC)c1. The molecule has 0 unspecified atom stereocenters. The topological polar surface area (TPSA) is 128 Å². The number of methoxy groups -OCH3 is 2. The third kappa shape index (κ3) is 7.55. The Kier molecular flexibility index (Phi) is 8.86. The van der Waals surface area contributed by atoms with Gasteiger partial charge in [0.1, 0.15) is 5.75 Å². The largest absolute Gasteiger partial charge is 0.484 e. The Morgan fingerprint density at radius 3 is 1.92 bits per heavy atom. The summed E-state index contributed by atoms with van der Waals surface area (Å²) in [4.78, 5) is 36.3. The molecule has 0 saturated carbocycles. The molecular weight excluding hydrogens is 500 g/mol. The van der Waals surface area contributed by atoms with Crippen molar-refractivity contribution >= 4 is 39.2 Å². The molecule has 3 aromatic rings. The van der Waals surface area contributed by atoms with Crippen LogP contribution < -0.4 is 14.4 Å². The number of nitrogens with zero attached hydrogens (tertiary/aromatic N) is 1. The lowest BCUT2D eigenvalue weighted by molar-refractivity contribution is -0.118. The van der Waals surface area contributed by atoms with Gasteiger partial charge in [0.15, 0.2) is 6.61 Å². The molecule has 3 aromatic carbocycles. The van der Waals surface area contributed by atoms with Crippen LogP contribution in [0.5, 0.6) is 5.75 Å². The second kappa shape index (κ2) is 12.0. The lowest BCUT2D eigenvalue weighted by Crippen LogP contribution is -2.29. The molecule has 11 heteroatoms. The normalized spacial score (nSPS) is 10.8. The Hall–Kier alpha value is -4.38. The molecule has 0 atom stereocenters. The van der Waals surface area contributed by atoms with Crippen molar-refractivity contribution in [3.8, 4) is 5.75 Å². The number of hydrogen-bond acceptors (Lipinski definition) is 8. The molecule has 0 saturated heterocycles. The van der Waals surface area contributed by atoms with Gasteiger partial charge in [0.25, 0.3) is 5.91 Å². The third-order valence-corrected chi connectivity index (χ3v) is 6.26. The zero-order valence-electron chi connectivity index (χ0n) is 20.5. The number of sulfonamides is 1. The van der Waals surface area contributed by atoms with E-state index in [0.717, 1.165) is 11.8 Å². The van der Waals surface area contributed by atoms with E-state index >= 15 is 0 Å².